The maximum absolute atomic E-state index is 13.7. The molecule has 1 aliphatic carbocycles. The zero-order valence-electron chi connectivity index (χ0n) is 21.4. The van der Waals surface area contributed by atoms with Gasteiger partial charge >= 0.3 is 5.97 Å². The van der Waals surface area contributed by atoms with Gasteiger partial charge in [0.15, 0.2) is 15.0 Å². The molecule has 9 nitrogen and oxygen atoms in total. The van der Waals surface area contributed by atoms with Gasteiger partial charge < -0.3 is 14.2 Å². The van der Waals surface area contributed by atoms with E-state index in [1.165, 1.54) is 49.7 Å². The number of thiazole rings is 1. The molecule has 1 unspecified atom stereocenters. The second-order valence-corrected chi connectivity index (χ2v) is 12.6. The molecule has 1 heterocycles. The predicted molar refractivity (Wildman–Crippen MR) is 150 cm³/mol. The molecule has 1 amide bonds. The first kappa shape index (κ1) is 28.5. The summed E-state index contributed by atoms with van der Waals surface area (Å²) < 4.78 is 55.2. The summed E-state index contributed by atoms with van der Waals surface area (Å²) in [5.74, 6) is -1.17. The number of hydrogen-bond donors (Lipinski definition) is 1. The van der Waals surface area contributed by atoms with E-state index in [-0.39, 0.29) is 26.0 Å². The van der Waals surface area contributed by atoms with E-state index in [1.54, 1.807) is 24.3 Å². The Kier molecular flexibility index (Phi) is 8.25. The van der Waals surface area contributed by atoms with Crippen molar-refractivity contribution in [1.82, 2.24) is 4.98 Å². The van der Waals surface area contributed by atoms with Gasteiger partial charge in [0, 0.05) is 11.6 Å². The van der Waals surface area contributed by atoms with Gasteiger partial charge in [-0.15, -0.1) is 0 Å². The number of hydrogen-bond acceptors (Lipinski definition) is 9. The average Bonchev–Trinajstić information content (AvgIpc) is 3.75. The number of methoxy groups -OCH3 is 1. The summed E-state index contributed by atoms with van der Waals surface area (Å²) in [6.45, 7) is 0. The number of rotatable bonds is 10. The molecule has 0 radical (unpaired) electrons. The van der Waals surface area contributed by atoms with Crippen molar-refractivity contribution >= 4 is 49.8 Å². The Bertz CT molecular complexity index is 1690. The van der Waals surface area contributed by atoms with Gasteiger partial charge in [-0.2, -0.15) is 0 Å². The minimum Gasteiger partial charge on any atom is -0.476 e. The Morgan fingerprint density at radius 2 is 1.73 bits per heavy atom. The van der Waals surface area contributed by atoms with Crippen LogP contribution < -0.4 is 14.8 Å². The van der Waals surface area contributed by atoms with Gasteiger partial charge in [-0.05, 0) is 61.4 Å². The number of aromatic nitrogens is 1. The highest BCUT2D eigenvalue weighted by Gasteiger charge is 2.37. The number of esters is 1. The monoisotopic (exact) mass is 616 g/mol. The summed E-state index contributed by atoms with van der Waals surface area (Å²) in [7, 11) is -2.13. The fourth-order valence-electron chi connectivity index (χ4n) is 3.79. The number of nitrogens with one attached hydrogen (secondary N) is 1. The lowest BCUT2D eigenvalue weighted by Crippen LogP contribution is -2.25. The second-order valence-electron chi connectivity index (χ2n) is 8.98. The summed E-state index contributed by atoms with van der Waals surface area (Å²) in [6, 6.07) is 15.8. The summed E-state index contributed by atoms with van der Waals surface area (Å²) in [4.78, 5) is 29.3. The summed E-state index contributed by atoms with van der Waals surface area (Å²) in [5.41, 5.74) is 0.722. The highest BCUT2D eigenvalue weighted by molar-refractivity contribution is 7.92. The minimum atomic E-state index is -3.42. The molecule has 1 aromatic heterocycles. The number of carbonyl (C=O) groups is 2. The molecule has 4 aromatic rings. The second kappa shape index (κ2) is 11.9. The molecule has 13 heteroatoms. The third-order valence-corrected chi connectivity index (χ3v) is 9.42. The van der Waals surface area contributed by atoms with Gasteiger partial charge in [-0.3, -0.25) is 10.1 Å². The number of anilines is 1. The molecule has 0 saturated heterocycles. The number of halogens is 2. The van der Waals surface area contributed by atoms with Crippen LogP contribution in [0.3, 0.4) is 0 Å². The van der Waals surface area contributed by atoms with Gasteiger partial charge in [0.25, 0.3) is 5.91 Å². The molecule has 212 valence electrons. The Balaban J connectivity index is 1.34. The van der Waals surface area contributed by atoms with E-state index in [1.807, 2.05) is 0 Å². The normalized spacial score (nSPS) is 13.7. The van der Waals surface area contributed by atoms with E-state index < -0.39 is 33.6 Å². The third kappa shape index (κ3) is 6.67. The smallest absolute Gasteiger partial charge is 0.337 e. The standard InChI is InChI=1S/C28H22ClFN2O7S2/c1-37-27(34)17-2-6-18(7-3-17)38-24-15-31-28(40-24)32-26(33)25(39-19-8-13-23(30)22(29)14-19)16-4-9-20(10-5-16)41(35,36)21-11-12-21/h2-10,13-15,21,25H,11-12H2,1H3,(H,31,32,33). The van der Waals surface area contributed by atoms with E-state index in [0.717, 1.165) is 17.4 Å². The van der Waals surface area contributed by atoms with Crippen LogP contribution in [0, 0.1) is 5.82 Å². The molecule has 0 bridgehead atoms. The molecule has 1 aliphatic rings. The van der Waals surface area contributed by atoms with E-state index in [0.29, 0.717) is 34.8 Å². The minimum absolute atomic E-state index is 0.129. The van der Waals surface area contributed by atoms with Crippen molar-refractivity contribution < 1.29 is 36.6 Å². The molecule has 1 saturated carbocycles. The Morgan fingerprint density at radius 3 is 2.37 bits per heavy atom. The van der Waals surface area contributed by atoms with Crippen molar-refractivity contribution in [3.63, 3.8) is 0 Å². The molecular weight excluding hydrogens is 595 g/mol. The first-order valence-corrected chi connectivity index (χ1v) is 15.0. The first-order chi connectivity index (χ1) is 19.6. The zero-order chi connectivity index (χ0) is 29.1. The molecule has 5 rings (SSSR count). The number of nitrogens with zero attached hydrogens (tertiary/aromatic N) is 1. The predicted octanol–water partition coefficient (Wildman–Crippen LogP) is 6.21. The van der Waals surface area contributed by atoms with E-state index >= 15 is 0 Å². The van der Waals surface area contributed by atoms with Crippen LogP contribution in [0.4, 0.5) is 9.52 Å². The number of amides is 1. The van der Waals surface area contributed by atoms with Crippen LogP contribution in [0.25, 0.3) is 0 Å². The summed E-state index contributed by atoms with van der Waals surface area (Å²) in [5, 5.41) is 2.68. The van der Waals surface area contributed by atoms with Gasteiger partial charge in [-0.1, -0.05) is 35.1 Å². The third-order valence-electron chi connectivity index (χ3n) is 6.07. The van der Waals surface area contributed by atoms with Gasteiger partial charge in [0.2, 0.25) is 11.2 Å². The molecule has 1 atom stereocenters. The lowest BCUT2D eigenvalue weighted by atomic mass is 10.1. The van der Waals surface area contributed by atoms with Crippen molar-refractivity contribution in [2.24, 2.45) is 0 Å². The van der Waals surface area contributed by atoms with E-state index in [4.69, 9.17) is 21.1 Å². The SMILES string of the molecule is COC(=O)c1ccc(Oc2cnc(NC(=O)C(Oc3ccc(F)c(Cl)c3)c3ccc(S(=O)(=O)C4CC4)cc3)s2)cc1. The van der Waals surface area contributed by atoms with Crippen LogP contribution in [-0.2, 0) is 19.4 Å². The van der Waals surface area contributed by atoms with Crippen LogP contribution in [0.2, 0.25) is 5.02 Å². The Labute approximate surface area is 243 Å². The van der Waals surface area contributed by atoms with Crippen molar-refractivity contribution in [1.29, 1.82) is 0 Å². The van der Waals surface area contributed by atoms with Crippen LogP contribution in [-0.4, -0.2) is 37.6 Å². The number of sulfone groups is 1. The Hall–Kier alpha value is -4.00. The molecule has 41 heavy (non-hydrogen) atoms. The van der Waals surface area contributed by atoms with Crippen LogP contribution >= 0.6 is 22.9 Å². The highest BCUT2D eigenvalue weighted by Crippen LogP contribution is 2.35. The number of carbonyl (C=O) groups excluding carboxylic acids is 2. The maximum Gasteiger partial charge on any atom is 0.337 e. The Morgan fingerprint density at radius 1 is 1.05 bits per heavy atom. The summed E-state index contributed by atoms with van der Waals surface area (Å²) in [6.07, 6.45) is 1.42. The summed E-state index contributed by atoms with van der Waals surface area (Å²) >= 11 is 6.94. The van der Waals surface area contributed by atoms with Gasteiger partial charge in [0.05, 0.1) is 34.0 Å². The highest BCUT2D eigenvalue weighted by atomic mass is 35.5. The van der Waals surface area contributed by atoms with Crippen molar-refractivity contribution in [3.05, 3.63) is 94.9 Å². The van der Waals surface area contributed by atoms with Crippen molar-refractivity contribution in [3.8, 4) is 16.6 Å². The zero-order valence-corrected chi connectivity index (χ0v) is 23.8. The fourth-order valence-corrected chi connectivity index (χ4v) is 6.31. The quantitative estimate of drug-likeness (QED) is 0.209. The van der Waals surface area contributed by atoms with Crippen molar-refractivity contribution in [2.45, 2.75) is 29.1 Å². The van der Waals surface area contributed by atoms with Gasteiger partial charge in [0.1, 0.15) is 17.3 Å². The molecule has 3 aromatic carbocycles. The number of ether oxygens (including phenoxy) is 3. The van der Waals surface area contributed by atoms with Crippen LogP contribution in [0.1, 0.15) is 34.9 Å². The fraction of sp³-hybridized carbons (Fsp3) is 0.179. The first-order valence-electron chi connectivity index (χ1n) is 12.2. The largest absolute Gasteiger partial charge is 0.476 e. The topological polar surface area (TPSA) is 121 Å². The molecule has 1 fully saturated rings. The van der Waals surface area contributed by atoms with E-state index in [9.17, 15) is 22.4 Å². The lowest BCUT2D eigenvalue weighted by molar-refractivity contribution is -0.123. The molecular formula is C28H22ClFN2O7S2. The van der Waals surface area contributed by atoms with E-state index in [2.05, 4.69) is 15.0 Å². The number of benzene rings is 3. The van der Waals surface area contributed by atoms with Crippen molar-refractivity contribution in [2.75, 3.05) is 12.4 Å². The molecule has 0 aliphatic heterocycles. The maximum atomic E-state index is 13.7. The molecule has 1 N–H and O–H groups in total. The average molecular weight is 617 g/mol. The molecule has 0 spiro atoms. The van der Waals surface area contributed by atoms with Gasteiger partial charge in [-0.25, -0.2) is 22.6 Å². The van der Waals surface area contributed by atoms with Crippen LogP contribution in [0.15, 0.2) is 77.8 Å². The lowest BCUT2D eigenvalue weighted by Gasteiger charge is -2.19. The van der Waals surface area contributed by atoms with Crippen LogP contribution in [0.5, 0.6) is 16.6 Å².